The van der Waals surface area contributed by atoms with Crippen molar-refractivity contribution < 1.29 is 23.1 Å². The van der Waals surface area contributed by atoms with Crippen molar-refractivity contribution in [3.8, 4) is 0 Å². The molecule has 2 rings (SSSR count). The van der Waals surface area contributed by atoms with E-state index in [2.05, 4.69) is 139 Å². The zero-order valence-electron chi connectivity index (χ0n) is 37.1. The van der Waals surface area contributed by atoms with Gasteiger partial charge in [-0.05, 0) is 116 Å². The van der Waals surface area contributed by atoms with Gasteiger partial charge in [0, 0.05) is 6.10 Å². The van der Waals surface area contributed by atoms with Crippen LogP contribution in [-0.2, 0) is 24.6 Å². The number of hydrogen-bond donors (Lipinski definition) is 1. The van der Waals surface area contributed by atoms with Crippen molar-refractivity contribution in [1.29, 1.82) is 0 Å². The summed E-state index contributed by atoms with van der Waals surface area (Å²) < 4.78 is 28.0. The molecular weight excluding hydrogens is 745 g/mol. The van der Waals surface area contributed by atoms with E-state index >= 15 is 0 Å². The molecule has 0 unspecified atom stereocenters. The molecule has 308 valence electrons. The molecule has 0 spiro atoms. The molecule has 1 N–H and O–H groups in total. The molecule has 1 fully saturated rings. The number of benzene rings is 1. The highest BCUT2D eigenvalue weighted by Gasteiger charge is 2.46. The Morgan fingerprint density at radius 2 is 1.21 bits per heavy atom. The van der Waals surface area contributed by atoms with Crippen molar-refractivity contribution in [3.05, 3.63) is 48.0 Å². The van der Waals surface area contributed by atoms with Crippen molar-refractivity contribution in [2.75, 3.05) is 18.1 Å². The molecule has 0 bridgehead atoms. The number of ether oxygens (including phenoxy) is 1. The molecule has 0 saturated carbocycles. The summed E-state index contributed by atoms with van der Waals surface area (Å²) in [5, 5.41) is 12.3. The van der Waals surface area contributed by atoms with Crippen LogP contribution in [0, 0.1) is 0 Å². The first-order valence-electron chi connectivity index (χ1n) is 20.4. The van der Waals surface area contributed by atoms with Gasteiger partial charge in [0.1, 0.15) is 0 Å². The summed E-state index contributed by atoms with van der Waals surface area (Å²) in [6, 6.07) is 10.4. The maximum atomic E-state index is 12.1. The largest absolute Gasteiger partial charge is 0.414 e. The predicted molar refractivity (Wildman–Crippen MR) is 243 cm³/mol. The molecule has 0 amide bonds. The zero-order chi connectivity index (χ0) is 40.5. The Bertz CT molecular complexity index is 1230. The fourth-order valence-corrected chi connectivity index (χ4v) is 13.6. The molecule has 1 aromatic rings. The first-order valence-corrected chi connectivity index (χ1v) is 31.1. The van der Waals surface area contributed by atoms with E-state index in [1.807, 2.05) is 29.6 Å². The molecule has 0 radical (unpaired) electrons. The first kappa shape index (κ1) is 49.3. The Labute approximate surface area is 339 Å². The quantitative estimate of drug-likeness (QED) is 0.0978. The fraction of sp³-hybridized carbons (Fsp3) is 0.814. The van der Waals surface area contributed by atoms with E-state index in [4.69, 9.17) is 18.0 Å². The van der Waals surface area contributed by atoms with E-state index in [9.17, 15) is 5.11 Å². The number of aliphatic hydroxyl groups excluding tert-OH is 1. The molecule has 5 nitrogen and oxygen atoms in total. The van der Waals surface area contributed by atoms with Gasteiger partial charge in [0.2, 0.25) is 0 Å². The summed E-state index contributed by atoms with van der Waals surface area (Å²) in [4.78, 5) is 0. The van der Waals surface area contributed by atoms with Gasteiger partial charge in [0.05, 0.1) is 35.6 Å². The van der Waals surface area contributed by atoms with Gasteiger partial charge in [-0.1, -0.05) is 112 Å². The van der Waals surface area contributed by atoms with Crippen molar-refractivity contribution in [3.63, 3.8) is 0 Å². The van der Waals surface area contributed by atoms with Crippen molar-refractivity contribution in [2.24, 2.45) is 0 Å². The van der Waals surface area contributed by atoms with E-state index in [0.29, 0.717) is 26.1 Å². The van der Waals surface area contributed by atoms with Crippen LogP contribution in [0.5, 0.6) is 0 Å². The highest BCUT2D eigenvalue weighted by Crippen LogP contribution is 2.51. The fourth-order valence-electron chi connectivity index (χ4n) is 5.95. The molecule has 1 aromatic carbocycles. The predicted octanol–water partition coefficient (Wildman–Crippen LogP) is 13.2. The average molecular weight is 828 g/mol. The lowest BCUT2D eigenvalue weighted by atomic mass is 9.97. The molecule has 10 heteroatoms. The van der Waals surface area contributed by atoms with Crippen LogP contribution < -0.4 is 0 Å². The first-order chi connectivity index (χ1) is 24.1. The molecule has 4 atom stereocenters. The van der Waals surface area contributed by atoms with Crippen molar-refractivity contribution in [1.82, 2.24) is 0 Å². The highest BCUT2D eigenvalue weighted by molar-refractivity contribution is 8.18. The Morgan fingerprint density at radius 1 is 0.736 bits per heavy atom. The molecule has 1 aliphatic heterocycles. The third kappa shape index (κ3) is 16.1. The normalized spacial score (nSPS) is 18.7. The SMILES string of the molecule is C=C(CC)C[C@H](C[C@H](O)CC1(C[C@H](C[C@H](COCc2ccccc2)O[Si](C)(C)C(C)(C)C)O[Si](C)(C)C(C)(C)C)SCCCS1)O[Si](C)(C)C(C)(C)C. The van der Waals surface area contributed by atoms with Gasteiger partial charge < -0.3 is 23.1 Å². The third-order valence-corrected chi connectivity index (χ3v) is 29.4. The van der Waals surface area contributed by atoms with E-state index < -0.39 is 31.1 Å². The van der Waals surface area contributed by atoms with Crippen LogP contribution >= 0.6 is 23.5 Å². The molecule has 0 aromatic heterocycles. The summed E-state index contributed by atoms with van der Waals surface area (Å²) in [6.45, 7) is 42.5. The van der Waals surface area contributed by atoms with Crippen LogP contribution in [0.4, 0.5) is 0 Å². The number of rotatable bonds is 21. The summed E-state index contributed by atoms with van der Waals surface area (Å²) >= 11 is 4.10. The molecule has 1 saturated heterocycles. The van der Waals surface area contributed by atoms with Gasteiger partial charge in [0.15, 0.2) is 25.0 Å². The van der Waals surface area contributed by atoms with E-state index in [1.165, 1.54) is 17.6 Å². The minimum atomic E-state index is -2.16. The molecule has 53 heavy (non-hydrogen) atoms. The Morgan fingerprint density at radius 3 is 1.68 bits per heavy atom. The maximum absolute atomic E-state index is 12.1. The minimum Gasteiger partial charge on any atom is -0.414 e. The summed E-state index contributed by atoms with van der Waals surface area (Å²) in [7, 11) is -6.32. The molecule has 1 heterocycles. The number of aliphatic hydroxyl groups is 1. The van der Waals surface area contributed by atoms with Gasteiger partial charge in [-0.25, -0.2) is 0 Å². The van der Waals surface area contributed by atoms with Crippen LogP contribution in [0.3, 0.4) is 0 Å². The van der Waals surface area contributed by atoms with Gasteiger partial charge in [0.25, 0.3) is 0 Å². The van der Waals surface area contributed by atoms with Crippen molar-refractivity contribution in [2.45, 2.75) is 204 Å². The average Bonchev–Trinajstić information content (AvgIpc) is 2.99. The Kier molecular flexibility index (Phi) is 18.8. The van der Waals surface area contributed by atoms with Crippen LogP contribution in [0.2, 0.25) is 54.4 Å². The smallest absolute Gasteiger partial charge is 0.192 e. The van der Waals surface area contributed by atoms with Gasteiger partial charge in [-0.3, -0.25) is 0 Å². The zero-order valence-corrected chi connectivity index (χ0v) is 41.7. The molecule has 0 aliphatic carbocycles. The highest BCUT2D eigenvalue weighted by atomic mass is 32.2. The van der Waals surface area contributed by atoms with Crippen LogP contribution in [0.15, 0.2) is 42.5 Å². The summed E-state index contributed by atoms with van der Waals surface area (Å²) in [5.41, 5.74) is 2.37. The van der Waals surface area contributed by atoms with Crippen LogP contribution in [0.25, 0.3) is 0 Å². The molecular formula is C43H82O5S2Si3. The monoisotopic (exact) mass is 826 g/mol. The van der Waals surface area contributed by atoms with Gasteiger partial charge in [-0.15, -0.1) is 23.5 Å². The second-order valence-electron chi connectivity index (χ2n) is 20.3. The summed E-state index contributed by atoms with van der Waals surface area (Å²) in [6.07, 6.45) is 5.32. The third-order valence-electron chi connectivity index (χ3n) is 12.4. The molecule has 1 aliphatic rings. The van der Waals surface area contributed by atoms with Gasteiger partial charge >= 0.3 is 0 Å². The minimum absolute atomic E-state index is 0.0181. The van der Waals surface area contributed by atoms with Gasteiger partial charge in [-0.2, -0.15) is 0 Å². The number of hydrogen-bond acceptors (Lipinski definition) is 7. The van der Waals surface area contributed by atoms with Crippen molar-refractivity contribution >= 4 is 48.5 Å². The van der Waals surface area contributed by atoms with E-state index in [0.717, 1.165) is 37.2 Å². The lowest BCUT2D eigenvalue weighted by Crippen LogP contribution is -2.49. The van der Waals surface area contributed by atoms with Crippen LogP contribution in [-0.4, -0.2) is 76.7 Å². The Hall–Kier alpha value is 0.111. The van der Waals surface area contributed by atoms with Crippen LogP contribution in [0.1, 0.15) is 120 Å². The summed E-state index contributed by atoms with van der Waals surface area (Å²) in [5.74, 6) is 2.21. The Balaban J connectivity index is 2.46. The van der Waals surface area contributed by atoms with E-state index in [-0.39, 0.29) is 37.5 Å². The lowest BCUT2D eigenvalue weighted by molar-refractivity contribution is 0.00654. The number of thioether (sulfide) groups is 2. The second kappa shape index (κ2) is 20.2. The second-order valence-corrected chi connectivity index (χ2v) is 37.8. The lowest BCUT2D eigenvalue weighted by Gasteiger charge is -2.46. The van der Waals surface area contributed by atoms with E-state index in [1.54, 1.807) is 0 Å². The maximum Gasteiger partial charge on any atom is 0.192 e. The topological polar surface area (TPSA) is 57.2 Å². The standard InChI is InChI=1S/C43H82O5S2Si3/c1-18-34(2)27-37(46-51(12,13)40(3,4)5)28-36(44)30-43(49-25-22-26-50-43)31-38(47-52(14,15)41(6,7)8)29-39(48-53(16,17)42(9,10)11)33-45-32-35-23-20-19-21-24-35/h19-21,23-24,36-39,44H,2,18,22,25-33H2,1,3-17H3/t36-,37+,38-,39+/m0/s1.